The van der Waals surface area contributed by atoms with E-state index in [0.29, 0.717) is 25.7 Å². The number of phosphoric acid groups is 2. The summed E-state index contributed by atoms with van der Waals surface area (Å²) in [4.78, 5) is 73.3. The highest BCUT2D eigenvalue weighted by atomic mass is 31.2. The molecule has 0 aromatic rings. The molecule has 0 rings (SSSR count). The number of hydrogen-bond acceptors (Lipinski definition) is 15. The van der Waals surface area contributed by atoms with Crippen LogP contribution in [0.3, 0.4) is 0 Å². The molecule has 0 aliphatic rings. The van der Waals surface area contributed by atoms with E-state index in [-0.39, 0.29) is 25.7 Å². The molecule has 0 fully saturated rings. The summed E-state index contributed by atoms with van der Waals surface area (Å²) in [5, 5.41) is 10.7. The van der Waals surface area contributed by atoms with Crippen molar-refractivity contribution in [1.82, 2.24) is 0 Å². The van der Waals surface area contributed by atoms with E-state index >= 15 is 0 Å². The van der Waals surface area contributed by atoms with Gasteiger partial charge in [0, 0.05) is 25.7 Å². The van der Waals surface area contributed by atoms with E-state index in [0.717, 1.165) is 102 Å². The fourth-order valence-corrected chi connectivity index (χ4v) is 15.4. The second-order valence-corrected chi connectivity index (χ2v) is 35.5. The lowest BCUT2D eigenvalue weighted by Crippen LogP contribution is -2.30. The van der Waals surface area contributed by atoms with Crippen LogP contribution in [-0.4, -0.2) is 96.7 Å². The van der Waals surface area contributed by atoms with Crippen molar-refractivity contribution in [3.05, 3.63) is 0 Å². The predicted octanol–water partition coefficient (Wildman–Crippen LogP) is 27.0. The van der Waals surface area contributed by atoms with Gasteiger partial charge in [-0.15, -0.1) is 0 Å². The molecule has 107 heavy (non-hydrogen) atoms. The zero-order valence-electron chi connectivity index (χ0n) is 70.5. The minimum absolute atomic E-state index is 0.107. The molecule has 0 heterocycles. The second-order valence-electron chi connectivity index (χ2n) is 32.6. The Hall–Kier alpha value is -1.94. The molecule has 3 N–H and O–H groups in total. The highest BCUT2D eigenvalue weighted by Gasteiger charge is 2.30. The maximum Gasteiger partial charge on any atom is 0.472 e. The lowest BCUT2D eigenvalue weighted by Gasteiger charge is -2.21. The Bertz CT molecular complexity index is 2050. The van der Waals surface area contributed by atoms with E-state index in [1.165, 1.54) is 289 Å². The fraction of sp³-hybridized carbons (Fsp3) is 0.955. The number of esters is 4. The van der Waals surface area contributed by atoms with Crippen LogP contribution in [0.5, 0.6) is 0 Å². The van der Waals surface area contributed by atoms with Crippen molar-refractivity contribution in [3.8, 4) is 0 Å². The number of aliphatic hydroxyl groups excluding tert-OH is 1. The van der Waals surface area contributed by atoms with Gasteiger partial charge >= 0.3 is 39.5 Å². The molecule has 0 aromatic carbocycles. The third kappa shape index (κ3) is 81.9. The fourth-order valence-electron chi connectivity index (χ4n) is 13.8. The number of hydrogen-bond donors (Lipinski definition) is 3. The molecule has 0 spiro atoms. The first kappa shape index (κ1) is 105. The molecular formula is C88H172O17P2. The highest BCUT2D eigenvalue weighted by Crippen LogP contribution is 2.45. The van der Waals surface area contributed by atoms with Gasteiger partial charge in [0.2, 0.25) is 0 Å². The van der Waals surface area contributed by atoms with Crippen molar-refractivity contribution in [3.63, 3.8) is 0 Å². The quantitative estimate of drug-likeness (QED) is 0.0222. The van der Waals surface area contributed by atoms with Crippen molar-refractivity contribution < 1.29 is 80.2 Å². The lowest BCUT2D eigenvalue weighted by atomic mass is 10.0. The number of phosphoric ester groups is 2. The van der Waals surface area contributed by atoms with Gasteiger partial charge in [-0.2, -0.15) is 0 Å². The summed E-state index contributed by atoms with van der Waals surface area (Å²) in [5.41, 5.74) is 0. The number of rotatable bonds is 87. The topological polar surface area (TPSA) is 237 Å². The molecule has 0 saturated carbocycles. The third-order valence-electron chi connectivity index (χ3n) is 20.7. The van der Waals surface area contributed by atoms with Crippen LogP contribution in [0.15, 0.2) is 0 Å². The molecule has 0 amide bonds. The molecule has 19 heteroatoms. The summed E-state index contributed by atoms with van der Waals surface area (Å²) in [6.45, 7) is 9.71. The van der Waals surface area contributed by atoms with Crippen LogP contribution in [0.4, 0.5) is 0 Å². The molecule has 5 atom stereocenters. The zero-order valence-corrected chi connectivity index (χ0v) is 72.2. The molecule has 0 radical (unpaired) electrons. The van der Waals surface area contributed by atoms with E-state index in [9.17, 15) is 43.2 Å². The third-order valence-corrected chi connectivity index (χ3v) is 22.6. The van der Waals surface area contributed by atoms with Crippen molar-refractivity contribution in [1.29, 1.82) is 0 Å². The Morgan fingerprint density at radius 1 is 0.252 bits per heavy atom. The van der Waals surface area contributed by atoms with Crippen LogP contribution in [0, 0.1) is 11.8 Å². The minimum atomic E-state index is -4.97. The first-order valence-corrected chi connectivity index (χ1v) is 48.5. The van der Waals surface area contributed by atoms with Gasteiger partial charge in [0.05, 0.1) is 26.4 Å². The molecule has 0 aliphatic heterocycles. The van der Waals surface area contributed by atoms with Crippen LogP contribution in [0.25, 0.3) is 0 Å². The van der Waals surface area contributed by atoms with Gasteiger partial charge in [-0.05, 0) is 37.5 Å². The number of carbonyl (C=O) groups is 4. The minimum Gasteiger partial charge on any atom is -0.462 e. The number of aliphatic hydroxyl groups is 1. The summed E-state index contributed by atoms with van der Waals surface area (Å²) in [5.74, 6) is -0.521. The van der Waals surface area contributed by atoms with Gasteiger partial charge in [-0.1, -0.05) is 420 Å². The van der Waals surface area contributed by atoms with Crippen LogP contribution in [-0.2, 0) is 65.4 Å². The predicted molar refractivity (Wildman–Crippen MR) is 442 cm³/mol. The van der Waals surface area contributed by atoms with Gasteiger partial charge < -0.3 is 33.8 Å². The van der Waals surface area contributed by atoms with E-state index in [2.05, 4.69) is 41.5 Å². The second kappa shape index (κ2) is 79.3. The van der Waals surface area contributed by atoms with Gasteiger partial charge in [-0.3, -0.25) is 37.3 Å². The van der Waals surface area contributed by atoms with Gasteiger partial charge in [0.15, 0.2) is 12.2 Å². The van der Waals surface area contributed by atoms with Crippen molar-refractivity contribution in [2.45, 2.75) is 490 Å². The molecule has 0 aromatic heterocycles. The van der Waals surface area contributed by atoms with Crippen LogP contribution in [0.1, 0.15) is 472 Å². The molecular weight excluding hydrogens is 1390 g/mol. The molecule has 0 aliphatic carbocycles. The monoisotopic (exact) mass is 1560 g/mol. The van der Waals surface area contributed by atoms with Crippen LogP contribution >= 0.6 is 15.6 Å². The standard InChI is InChI=1S/C88H172O17P2/c1-7-9-11-13-15-17-19-21-22-23-24-25-26-27-28-33-36-42-48-54-60-66-72-87(92)104-83(77-99-86(91)71-65-59-53-47-41-35-32-30-29-31-34-38-44-50-56-62-68-80(3)4)78-102-106(94,95)100-74-82(89)75-101-107(96,97)103-79-84(76-98-85(90)70-64-58-52-46-40-20-18-16-14-12-10-8-2)105-88(93)73-67-61-55-49-43-37-39-45-51-57-63-69-81(5)6/h80-84,89H,7-79H2,1-6H3,(H,94,95)(H,96,97)/t82-,83-,84-/m1/s1. The number of carbonyl (C=O) groups excluding carboxylic acids is 4. The number of unbranched alkanes of at least 4 members (excludes halogenated alkanes) is 57. The molecule has 0 saturated heterocycles. The lowest BCUT2D eigenvalue weighted by molar-refractivity contribution is -0.161. The van der Waals surface area contributed by atoms with E-state index in [1.54, 1.807) is 0 Å². The van der Waals surface area contributed by atoms with Crippen LogP contribution < -0.4 is 0 Å². The first-order valence-electron chi connectivity index (χ1n) is 45.5. The normalized spacial score (nSPS) is 13.8. The Morgan fingerprint density at radius 2 is 0.430 bits per heavy atom. The van der Waals surface area contributed by atoms with Crippen molar-refractivity contribution in [2.24, 2.45) is 11.8 Å². The average Bonchev–Trinajstić information content (AvgIpc) is 0.910. The summed E-state index contributed by atoms with van der Waals surface area (Å²) in [7, 11) is -9.93. The Kier molecular flexibility index (Phi) is 77.9. The Labute approximate surface area is 658 Å². The van der Waals surface area contributed by atoms with Crippen LogP contribution in [0.2, 0.25) is 0 Å². The maximum atomic E-state index is 13.2. The molecule has 17 nitrogen and oxygen atoms in total. The summed E-state index contributed by atoms with van der Waals surface area (Å²) < 4.78 is 69.0. The molecule has 0 bridgehead atoms. The Balaban J connectivity index is 5.23. The van der Waals surface area contributed by atoms with E-state index in [4.69, 9.17) is 37.0 Å². The van der Waals surface area contributed by atoms with E-state index < -0.39 is 97.5 Å². The largest absolute Gasteiger partial charge is 0.472 e. The van der Waals surface area contributed by atoms with Gasteiger partial charge in [-0.25, -0.2) is 9.13 Å². The average molecular weight is 1560 g/mol. The van der Waals surface area contributed by atoms with Gasteiger partial charge in [0.1, 0.15) is 19.3 Å². The molecule has 636 valence electrons. The Morgan fingerprint density at radius 3 is 0.636 bits per heavy atom. The summed E-state index contributed by atoms with van der Waals surface area (Å²) >= 11 is 0. The zero-order chi connectivity index (χ0) is 78.5. The first-order chi connectivity index (χ1) is 51.9. The maximum absolute atomic E-state index is 13.2. The molecule has 2 unspecified atom stereocenters. The van der Waals surface area contributed by atoms with E-state index in [1.807, 2.05) is 0 Å². The van der Waals surface area contributed by atoms with Crippen molar-refractivity contribution in [2.75, 3.05) is 39.6 Å². The summed E-state index contributed by atoms with van der Waals surface area (Å²) in [6.07, 6.45) is 72.2. The summed E-state index contributed by atoms with van der Waals surface area (Å²) in [6, 6.07) is 0. The smallest absolute Gasteiger partial charge is 0.462 e. The SMILES string of the molecule is CCCCCCCCCCCCCCCCCCCCCCCCC(=O)O[C@H](COC(=O)CCCCCCCCCCCCCCCCCCC(C)C)COP(=O)(O)OC[C@@H](O)COP(=O)(O)OC[C@@H](COC(=O)CCCCCCCCCCCCCC)OC(=O)CCCCCCCCCCCCCC(C)C. The highest BCUT2D eigenvalue weighted by molar-refractivity contribution is 7.47. The van der Waals surface area contributed by atoms with Gasteiger partial charge in [0.25, 0.3) is 0 Å². The van der Waals surface area contributed by atoms with Crippen molar-refractivity contribution >= 4 is 39.5 Å². The number of ether oxygens (including phenoxy) is 4.